The molecule has 0 bridgehead atoms. The van der Waals surface area contributed by atoms with Gasteiger partial charge >= 0.3 is 11.6 Å². The number of rotatable bonds is 5. The minimum absolute atomic E-state index is 0.158. The molecule has 34 heavy (non-hydrogen) atoms. The Morgan fingerprint density at radius 2 is 1.88 bits per heavy atom. The average Bonchev–Trinajstić information content (AvgIpc) is 3.16. The Hall–Kier alpha value is -3.89. The first-order valence-corrected chi connectivity index (χ1v) is 11.3. The Kier molecular flexibility index (Phi) is 5.68. The standard InChI is InChI=1S/C24H20BrN7O2/c1-14-9-16(10-19(13-33)28-14)20-21(15-5-3-2-4-6-15)29-23(26)32-22(20)30-31(24(32)34)12-18-8-7-17(25)11-27-18/h2-11,33H,12-13H2,1H3,(H2,26,29)/p+1. The first-order chi connectivity index (χ1) is 16.4. The summed E-state index contributed by atoms with van der Waals surface area (Å²) in [5.41, 5.74) is 11.3. The molecule has 5 aromatic rings. The number of fused-ring (bicyclic) bond motifs is 1. The van der Waals surface area contributed by atoms with Gasteiger partial charge in [0.1, 0.15) is 5.69 Å². The van der Waals surface area contributed by atoms with Crippen LogP contribution in [0.3, 0.4) is 0 Å². The summed E-state index contributed by atoms with van der Waals surface area (Å²) in [5.74, 6) is 0.158. The number of pyridine rings is 2. The number of nitrogens with zero attached hydrogens (tertiary/aromatic N) is 5. The van der Waals surface area contributed by atoms with Crippen LogP contribution in [-0.2, 0) is 13.2 Å². The van der Waals surface area contributed by atoms with Gasteiger partial charge < -0.3 is 5.11 Å². The van der Waals surface area contributed by atoms with Crippen molar-refractivity contribution in [2.75, 3.05) is 5.73 Å². The molecule has 9 nitrogen and oxygen atoms in total. The molecule has 1 aromatic carbocycles. The molecule has 0 unspecified atom stereocenters. The summed E-state index contributed by atoms with van der Waals surface area (Å²) in [6, 6.07) is 17.1. The molecule has 0 saturated carbocycles. The number of aliphatic hydroxyl groups is 1. The number of aliphatic hydroxyl groups excluding tert-OH is 1. The number of nitrogens with two attached hydrogens (primary N) is 1. The van der Waals surface area contributed by atoms with E-state index in [0.717, 1.165) is 21.3 Å². The van der Waals surface area contributed by atoms with Crippen LogP contribution in [-0.4, -0.2) is 29.3 Å². The predicted molar refractivity (Wildman–Crippen MR) is 131 cm³/mol. The molecular formula is C24H21BrN7O2+. The van der Waals surface area contributed by atoms with Crippen molar-refractivity contribution in [2.45, 2.75) is 20.1 Å². The average molecular weight is 519 g/mol. The van der Waals surface area contributed by atoms with E-state index in [4.69, 9.17) is 5.73 Å². The van der Waals surface area contributed by atoms with E-state index >= 15 is 0 Å². The zero-order valence-electron chi connectivity index (χ0n) is 18.2. The zero-order chi connectivity index (χ0) is 23.8. The molecule has 0 saturated heterocycles. The van der Waals surface area contributed by atoms with Crippen LogP contribution in [0.1, 0.15) is 17.1 Å². The lowest BCUT2D eigenvalue weighted by Gasteiger charge is -2.10. The van der Waals surface area contributed by atoms with Crippen molar-refractivity contribution in [3.63, 3.8) is 0 Å². The lowest BCUT2D eigenvalue weighted by molar-refractivity contribution is -0.351. The molecule has 0 radical (unpaired) electrons. The zero-order valence-corrected chi connectivity index (χ0v) is 19.8. The highest BCUT2D eigenvalue weighted by Gasteiger charge is 2.26. The molecule has 4 heterocycles. The molecule has 5 rings (SSSR count). The summed E-state index contributed by atoms with van der Waals surface area (Å²) < 4.78 is 3.55. The highest BCUT2D eigenvalue weighted by molar-refractivity contribution is 9.10. The second-order valence-electron chi connectivity index (χ2n) is 7.84. The third-order valence-electron chi connectivity index (χ3n) is 5.43. The third kappa shape index (κ3) is 3.97. The minimum atomic E-state index is -0.387. The van der Waals surface area contributed by atoms with Gasteiger partial charge in [-0.3, -0.25) is 15.7 Å². The smallest absolute Gasteiger partial charge is 0.390 e. The number of H-pyrrole nitrogens is 1. The van der Waals surface area contributed by atoms with Crippen LogP contribution in [0.2, 0.25) is 0 Å². The molecule has 4 aromatic heterocycles. The Balaban J connectivity index is 1.81. The highest BCUT2D eigenvalue weighted by atomic mass is 79.9. The van der Waals surface area contributed by atoms with Gasteiger partial charge in [-0.15, -0.1) is 9.50 Å². The van der Waals surface area contributed by atoms with Crippen molar-refractivity contribution in [1.29, 1.82) is 0 Å². The van der Waals surface area contributed by atoms with E-state index < -0.39 is 0 Å². The molecule has 0 amide bonds. The van der Waals surface area contributed by atoms with E-state index in [1.807, 2.05) is 55.5 Å². The van der Waals surface area contributed by atoms with Crippen molar-refractivity contribution in [3.8, 4) is 22.4 Å². The number of aromatic amines is 1. The largest absolute Gasteiger partial charge is 0.411 e. The SMILES string of the molecule is Cc1cc(-c2c(-c3ccccc3)[nH+]c(N)n3c(=O)n(Cc4ccc(Br)cn4)nc23)cc(CO)n1. The van der Waals surface area contributed by atoms with Crippen molar-refractivity contribution in [1.82, 2.24) is 24.1 Å². The number of hydrogen-bond donors (Lipinski definition) is 2. The van der Waals surface area contributed by atoms with Crippen LogP contribution >= 0.6 is 15.9 Å². The van der Waals surface area contributed by atoms with Gasteiger partial charge in [0, 0.05) is 21.9 Å². The van der Waals surface area contributed by atoms with Gasteiger partial charge in [0.25, 0.3) is 0 Å². The maximum atomic E-state index is 13.3. The fourth-order valence-corrected chi connectivity index (χ4v) is 4.19. The maximum Gasteiger partial charge on any atom is 0.411 e. The second-order valence-corrected chi connectivity index (χ2v) is 8.76. The fraction of sp³-hybridized carbons (Fsp3) is 0.125. The first-order valence-electron chi connectivity index (χ1n) is 10.5. The van der Waals surface area contributed by atoms with Crippen LogP contribution in [0.25, 0.3) is 28.0 Å². The third-order valence-corrected chi connectivity index (χ3v) is 5.90. The molecule has 0 atom stereocenters. The van der Waals surface area contributed by atoms with Gasteiger partial charge in [-0.1, -0.05) is 30.3 Å². The topological polar surface area (TPSA) is 125 Å². The number of benzene rings is 1. The monoisotopic (exact) mass is 518 g/mol. The van der Waals surface area contributed by atoms with Crippen LogP contribution in [0.5, 0.6) is 0 Å². The molecule has 0 aliphatic rings. The Morgan fingerprint density at radius 3 is 2.59 bits per heavy atom. The molecule has 0 aliphatic carbocycles. The van der Waals surface area contributed by atoms with Gasteiger partial charge in [-0.05, 0) is 52.7 Å². The summed E-state index contributed by atoms with van der Waals surface area (Å²) in [6.45, 7) is 1.83. The Bertz CT molecular complexity index is 1560. The van der Waals surface area contributed by atoms with E-state index in [1.54, 1.807) is 12.3 Å². The van der Waals surface area contributed by atoms with Crippen LogP contribution in [0, 0.1) is 6.92 Å². The Morgan fingerprint density at radius 1 is 1.09 bits per heavy atom. The molecule has 0 fully saturated rings. The predicted octanol–water partition coefficient (Wildman–Crippen LogP) is 2.63. The highest BCUT2D eigenvalue weighted by Crippen LogP contribution is 2.33. The molecule has 170 valence electrons. The summed E-state index contributed by atoms with van der Waals surface area (Å²) in [6.07, 6.45) is 1.67. The van der Waals surface area contributed by atoms with Gasteiger partial charge in [0.15, 0.2) is 0 Å². The van der Waals surface area contributed by atoms with Crippen LogP contribution < -0.4 is 16.4 Å². The van der Waals surface area contributed by atoms with E-state index in [1.165, 1.54) is 9.08 Å². The normalized spacial score (nSPS) is 11.3. The van der Waals surface area contributed by atoms with Gasteiger partial charge in [0.2, 0.25) is 5.65 Å². The fourth-order valence-electron chi connectivity index (χ4n) is 3.96. The number of halogens is 1. The minimum Gasteiger partial charge on any atom is -0.390 e. The van der Waals surface area contributed by atoms with E-state index in [9.17, 15) is 9.90 Å². The number of aromatic nitrogens is 6. The molecule has 0 aliphatic heterocycles. The van der Waals surface area contributed by atoms with Crippen molar-refractivity contribution in [3.05, 3.63) is 92.8 Å². The van der Waals surface area contributed by atoms with Gasteiger partial charge in [-0.2, -0.15) is 4.68 Å². The lowest BCUT2D eigenvalue weighted by Crippen LogP contribution is -2.28. The van der Waals surface area contributed by atoms with Crippen molar-refractivity contribution >= 4 is 27.5 Å². The van der Waals surface area contributed by atoms with Crippen LogP contribution in [0.15, 0.2) is 70.1 Å². The number of aryl methyl sites for hydroxylation is 1. The number of nitrogens with one attached hydrogen (secondary N) is 1. The van der Waals surface area contributed by atoms with Crippen molar-refractivity contribution in [2.24, 2.45) is 0 Å². The first kappa shape index (κ1) is 21.9. The van der Waals surface area contributed by atoms with Crippen molar-refractivity contribution < 1.29 is 10.1 Å². The Labute approximate surface area is 202 Å². The summed E-state index contributed by atoms with van der Waals surface area (Å²) >= 11 is 3.37. The molecule has 10 heteroatoms. The van der Waals surface area contributed by atoms with E-state index in [2.05, 4.69) is 36.0 Å². The number of hydrogen-bond acceptors (Lipinski definition) is 6. The molecule has 0 spiro atoms. The summed E-state index contributed by atoms with van der Waals surface area (Å²) in [4.78, 5) is 25.2. The van der Waals surface area contributed by atoms with Gasteiger partial charge in [0.05, 0.1) is 30.1 Å². The van der Waals surface area contributed by atoms with E-state index in [0.29, 0.717) is 28.3 Å². The molecular weight excluding hydrogens is 498 g/mol. The van der Waals surface area contributed by atoms with E-state index in [-0.39, 0.29) is 24.8 Å². The van der Waals surface area contributed by atoms with Crippen LogP contribution in [0.4, 0.5) is 5.95 Å². The number of anilines is 1. The lowest BCUT2D eigenvalue weighted by atomic mass is 9.99. The quantitative estimate of drug-likeness (QED) is 0.368. The van der Waals surface area contributed by atoms with Gasteiger partial charge in [-0.25, -0.2) is 9.78 Å². The maximum absolute atomic E-state index is 13.3. The summed E-state index contributed by atoms with van der Waals surface area (Å²) in [5, 5.41) is 14.4. The second kappa shape index (κ2) is 8.81. The summed E-state index contributed by atoms with van der Waals surface area (Å²) in [7, 11) is 0. The number of nitrogen functional groups attached to an aromatic ring is 1. The molecule has 4 N–H and O–H groups in total.